The molecule has 0 spiro atoms. The Kier molecular flexibility index (Phi) is 4.19. The van der Waals surface area contributed by atoms with E-state index in [9.17, 15) is 0 Å². The van der Waals surface area contributed by atoms with E-state index in [-0.39, 0.29) is 0 Å². The van der Waals surface area contributed by atoms with E-state index in [4.69, 9.17) is 0 Å². The minimum atomic E-state index is 0.839. The fourth-order valence-electron chi connectivity index (χ4n) is 2.28. The van der Waals surface area contributed by atoms with Crippen LogP contribution in [0.25, 0.3) is 10.8 Å². The standard InChI is InChI=1S/C17H22/c1-14(2)7-3-4-8-15-11-12-16-9-5-6-10-17(16)13-15/h5-6,9-14H,3-4,7-8H2,1-2H3. The molecule has 2 rings (SSSR count). The normalized spacial score (nSPS) is 11.2. The molecule has 0 radical (unpaired) electrons. The molecule has 0 N–H and O–H groups in total. The summed E-state index contributed by atoms with van der Waals surface area (Å²) in [6.07, 6.45) is 5.24. The second kappa shape index (κ2) is 5.86. The molecule has 0 atom stereocenters. The average Bonchev–Trinajstić information content (AvgIpc) is 2.34. The highest BCUT2D eigenvalue weighted by Crippen LogP contribution is 2.17. The number of rotatable bonds is 5. The smallest absolute Gasteiger partial charge is 0.0181 e. The van der Waals surface area contributed by atoms with E-state index in [1.807, 2.05) is 0 Å². The highest BCUT2D eigenvalue weighted by Gasteiger charge is 1.98. The molecule has 17 heavy (non-hydrogen) atoms. The minimum Gasteiger partial charge on any atom is -0.0628 e. The van der Waals surface area contributed by atoms with Gasteiger partial charge >= 0.3 is 0 Å². The molecule has 0 nitrogen and oxygen atoms in total. The van der Waals surface area contributed by atoms with Gasteiger partial charge in [-0.05, 0) is 35.1 Å². The molecular formula is C17H22. The lowest BCUT2D eigenvalue weighted by atomic mass is 10.0. The van der Waals surface area contributed by atoms with E-state index in [1.165, 1.54) is 42.0 Å². The monoisotopic (exact) mass is 226 g/mol. The van der Waals surface area contributed by atoms with Crippen molar-refractivity contribution >= 4 is 10.8 Å². The van der Waals surface area contributed by atoms with Crippen LogP contribution < -0.4 is 0 Å². The van der Waals surface area contributed by atoms with Crippen LogP contribution in [-0.2, 0) is 6.42 Å². The van der Waals surface area contributed by atoms with Crippen molar-refractivity contribution in [3.63, 3.8) is 0 Å². The summed E-state index contributed by atoms with van der Waals surface area (Å²) >= 11 is 0. The van der Waals surface area contributed by atoms with E-state index < -0.39 is 0 Å². The van der Waals surface area contributed by atoms with Gasteiger partial charge in [0.1, 0.15) is 0 Å². The number of hydrogen-bond donors (Lipinski definition) is 0. The highest BCUT2D eigenvalue weighted by atomic mass is 14.0. The lowest BCUT2D eigenvalue weighted by Gasteiger charge is -2.05. The quantitative estimate of drug-likeness (QED) is 0.614. The summed E-state index contributed by atoms with van der Waals surface area (Å²) in [5.41, 5.74) is 1.48. The van der Waals surface area contributed by atoms with E-state index in [2.05, 4.69) is 56.3 Å². The largest absolute Gasteiger partial charge is 0.0628 e. The topological polar surface area (TPSA) is 0 Å². The molecule has 0 aromatic heterocycles. The van der Waals surface area contributed by atoms with Crippen LogP contribution in [0.2, 0.25) is 0 Å². The van der Waals surface area contributed by atoms with Crippen LogP contribution in [-0.4, -0.2) is 0 Å². The number of aryl methyl sites for hydroxylation is 1. The summed E-state index contributed by atoms with van der Waals surface area (Å²) in [5, 5.41) is 2.72. The fraction of sp³-hybridized carbons (Fsp3) is 0.412. The van der Waals surface area contributed by atoms with Crippen molar-refractivity contribution in [2.45, 2.75) is 39.5 Å². The van der Waals surface area contributed by atoms with Crippen molar-refractivity contribution in [1.82, 2.24) is 0 Å². The third kappa shape index (κ3) is 3.59. The molecule has 0 bridgehead atoms. The zero-order chi connectivity index (χ0) is 12.1. The van der Waals surface area contributed by atoms with Gasteiger partial charge in [0.05, 0.1) is 0 Å². The summed E-state index contributed by atoms with van der Waals surface area (Å²) in [6, 6.07) is 15.5. The Bertz CT molecular complexity index is 468. The molecule has 90 valence electrons. The van der Waals surface area contributed by atoms with Crippen LogP contribution in [0, 0.1) is 5.92 Å². The Balaban J connectivity index is 1.95. The molecule has 0 amide bonds. The van der Waals surface area contributed by atoms with Gasteiger partial charge in [0.2, 0.25) is 0 Å². The second-order valence-electron chi connectivity index (χ2n) is 5.32. The van der Waals surface area contributed by atoms with Gasteiger partial charge in [-0.3, -0.25) is 0 Å². The SMILES string of the molecule is CC(C)CCCCc1ccc2ccccc2c1. The second-order valence-corrected chi connectivity index (χ2v) is 5.32. The third-order valence-corrected chi connectivity index (χ3v) is 3.31. The summed E-state index contributed by atoms with van der Waals surface area (Å²) < 4.78 is 0. The molecule has 2 aromatic carbocycles. The maximum atomic E-state index is 2.34. The van der Waals surface area contributed by atoms with Crippen molar-refractivity contribution in [1.29, 1.82) is 0 Å². The minimum absolute atomic E-state index is 0.839. The van der Waals surface area contributed by atoms with Gasteiger partial charge in [-0.1, -0.05) is 69.2 Å². The first-order chi connectivity index (χ1) is 8.25. The van der Waals surface area contributed by atoms with Gasteiger partial charge in [-0.2, -0.15) is 0 Å². The first-order valence-electron chi connectivity index (χ1n) is 6.73. The maximum absolute atomic E-state index is 2.34. The Morgan fingerprint density at radius 2 is 1.65 bits per heavy atom. The number of hydrogen-bond acceptors (Lipinski definition) is 0. The molecular weight excluding hydrogens is 204 g/mol. The lowest BCUT2D eigenvalue weighted by Crippen LogP contribution is -1.90. The molecule has 0 aliphatic carbocycles. The highest BCUT2D eigenvalue weighted by molar-refractivity contribution is 5.82. The van der Waals surface area contributed by atoms with Gasteiger partial charge in [0.25, 0.3) is 0 Å². The van der Waals surface area contributed by atoms with Crippen LogP contribution in [0.4, 0.5) is 0 Å². The van der Waals surface area contributed by atoms with Crippen LogP contribution in [0.1, 0.15) is 38.7 Å². The summed E-state index contributed by atoms with van der Waals surface area (Å²) in [5.74, 6) is 0.839. The maximum Gasteiger partial charge on any atom is -0.0181 e. The Morgan fingerprint density at radius 3 is 2.41 bits per heavy atom. The lowest BCUT2D eigenvalue weighted by molar-refractivity contribution is 0.538. The van der Waals surface area contributed by atoms with E-state index >= 15 is 0 Å². The zero-order valence-electron chi connectivity index (χ0n) is 10.9. The van der Waals surface area contributed by atoms with Crippen molar-refractivity contribution in [3.05, 3.63) is 48.0 Å². The molecule has 2 aromatic rings. The predicted octanol–water partition coefficient (Wildman–Crippen LogP) is 5.21. The predicted molar refractivity (Wildman–Crippen MR) is 76.3 cm³/mol. The Morgan fingerprint density at radius 1 is 0.882 bits per heavy atom. The fourth-order valence-corrected chi connectivity index (χ4v) is 2.28. The molecule has 0 saturated carbocycles. The zero-order valence-corrected chi connectivity index (χ0v) is 10.9. The number of unbranched alkanes of at least 4 members (excludes halogenated alkanes) is 1. The van der Waals surface area contributed by atoms with E-state index in [1.54, 1.807) is 0 Å². The van der Waals surface area contributed by atoms with Crippen molar-refractivity contribution in [3.8, 4) is 0 Å². The van der Waals surface area contributed by atoms with Gasteiger partial charge < -0.3 is 0 Å². The number of fused-ring (bicyclic) bond motifs is 1. The molecule has 0 heteroatoms. The molecule has 0 unspecified atom stereocenters. The molecule has 0 fully saturated rings. The average molecular weight is 226 g/mol. The third-order valence-electron chi connectivity index (χ3n) is 3.31. The molecule has 0 aliphatic heterocycles. The van der Waals surface area contributed by atoms with Gasteiger partial charge in [-0.15, -0.1) is 0 Å². The van der Waals surface area contributed by atoms with Gasteiger partial charge in [0.15, 0.2) is 0 Å². The van der Waals surface area contributed by atoms with Gasteiger partial charge in [0, 0.05) is 0 Å². The van der Waals surface area contributed by atoms with Gasteiger partial charge in [-0.25, -0.2) is 0 Å². The first kappa shape index (κ1) is 12.2. The Hall–Kier alpha value is -1.30. The van der Waals surface area contributed by atoms with E-state index in [0.717, 1.165) is 5.92 Å². The molecule has 0 saturated heterocycles. The Labute approximate surface area is 105 Å². The van der Waals surface area contributed by atoms with Crippen LogP contribution in [0.3, 0.4) is 0 Å². The molecule has 0 aliphatic rings. The van der Waals surface area contributed by atoms with Crippen molar-refractivity contribution in [2.75, 3.05) is 0 Å². The molecule has 0 heterocycles. The van der Waals surface area contributed by atoms with Crippen molar-refractivity contribution < 1.29 is 0 Å². The first-order valence-corrected chi connectivity index (χ1v) is 6.73. The van der Waals surface area contributed by atoms with Crippen LogP contribution >= 0.6 is 0 Å². The van der Waals surface area contributed by atoms with Crippen LogP contribution in [0.5, 0.6) is 0 Å². The van der Waals surface area contributed by atoms with Crippen LogP contribution in [0.15, 0.2) is 42.5 Å². The van der Waals surface area contributed by atoms with E-state index in [0.29, 0.717) is 0 Å². The summed E-state index contributed by atoms with van der Waals surface area (Å²) in [7, 11) is 0. The van der Waals surface area contributed by atoms with Crippen molar-refractivity contribution in [2.24, 2.45) is 5.92 Å². The summed E-state index contributed by atoms with van der Waals surface area (Å²) in [6.45, 7) is 4.60. The summed E-state index contributed by atoms with van der Waals surface area (Å²) in [4.78, 5) is 0. The number of benzene rings is 2.